The lowest BCUT2D eigenvalue weighted by molar-refractivity contribution is 0.662. The van der Waals surface area contributed by atoms with Crippen molar-refractivity contribution in [3.8, 4) is 44.5 Å². The summed E-state index contributed by atoms with van der Waals surface area (Å²) >= 11 is 0. The van der Waals surface area contributed by atoms with Crippen LogP contribution in [0.4, 0.5) is 0 Å². The largest absolute Gasteiger partial charge is 0.456 e. The summed E-state index contributed by atoms with van der Waals surface area (Å²) in [5, 5.41) is -4.11. The lowest BCUT2D eigenvalue weighted by atomic mass is 9.78. The summed E-state index contributed by atoms with van der Waals surface area (Å²) in [6.07, 6.45) is 0. The number of fused-ring (bicyclic) bond motifs is 8. The van der Waals surface area contributed by atoms with Crippen LogP contribution in [0.25, 0.3) is 88.0 Å². The molecule has 0 amide bonds. The van der Waals surface area contributed by atoms with E-state index in [1.165, 1.54) is 0 Å². The number of furan rings is 1. The molecule has 0 fully saturated rings. The molecular formula is C47H32O. The van der Waals surface area contributed by atoms with Gasteiger partial charge in [-0.1, -0.05) is 147 Å². The van der Waals surface area contributed by atoms with Crippen molar-refractivity contribution in [2.45, 2.75) is 19.2 Å². The third-order valence-electron chi connectivity index (χ3n) is 8.45. The van der Waals surface area contributed by atoms with Crippen molar-refractivity contribution in [3.05, 3.63) is 168 Å². The van der Waals surface area contributed by atoms with E-state index in [0.29, 0.717) is 0 Å². The van der Waals surface area contributed by atoms with Crippen LogP contribution in [0, 0.1) is 0 Å². The van der Waals surface area contributed by atoms with Gasteiger partial charge in [-0.3, -0.25) is 0 Å². The van der Waals surface area contributed by atoms with Crippen LogP contribution in [-0.2, 0) is 5.41 Å². The Hall–Kier alpha value is -5.92. The Morgan fingerprint density at radius 3 is 1.73 bits per heavy atom. The number of para-hydroxylation sites is 1. The summed E-state index contributed by atoms with van der Waals surface area (Å²) in [6.45, 7) is -2.36. The van der Waals surface area contributed by atoms with E-state index in [-0.39, 0.29) is 0 Å². The molecule has 48 heavy (non-hydrogen) atoms. The number of hydrogen-bond acceptors (Lipinski definition) is 1. The first-order valence-electron chi connectivity index (χ1n) is 28.9. The molecule has 1 nitrogen and oxygen atoms in total. The third kappa shape index (κ3) is 3.79. The van der Waals surface area contributed by atoms with Crippen molar-refractivity contribution >= 4 is 43.5 Å². The summed E-state index contributed by atoms with van der Waals surface area (Å²) in [6, 6.07) is -25.0. The summed E-state index contributed by atoms with van der Waals surface area (Å²) in [7, 11) is 0. The molecule has 0 aliphatic heterocycles. The van der Waals surface area contributed by atoms with Gasteiger partial charge >= 0.3 is 0 Å². The van der Waals surface area contributed by atoms with Crippen LogP contribution in [0.5, 0.6) is 0 Å². The van der Waals surface area contributed by atoms with Crippen molar-refractivity contribution in [3.63, 3.8) is 0 Å². The second-order valence-corrected chi connectivity index (χ2v) is 11.1. The zero-order chi connectivity index (χ0) is 57.1. The Kier molecular flexibility index (Phi) is 2.32. The molecule has 0 radical (unpaired) electrons. The van der Waals surface area contributed by atoms with E-state index in [2.05, 4.69) is 0 Å². The number of benzene rings is 8. The second-order valence-electron chi connectivity index (χ2n) is 11.1. The van der Waals surface area contributed by atoms with E-state index in [1.807, 2.05) is 0 Å². The van der Waals surface area contributed by atoms with Crippen LogP contribution in [-0.4, -0.2) is 0 Å². The molecule has 1 aliphatic rings. The van der Waals surface area contributed by atoms with Gasteiger partial charge in [0, 0.05) is 20.3 Å². The highest BCUT2D eigenvalue weighted by molar-refractivity contribution is 6.22. The van der Waals surface area contributed by atoms with E-state index < -0.39 is 268 Å². The SMILES string of the molecule is [2H]c1c([2H])c(-c2c([2H])c([2H])c([2H])c3c2C(C)(C([2H])([2H])[2H])c2c([2H])c([2H])c([2H])c([2H])c2-3)c([2H])c(-c2c3c([2H])c([2H])c([2H])c([2H])c3c(-c3c([2H])c([2H])c4oc5c([2H])c([2H])c([2H])c([2H])c5c4c3[2H])c3c([2H])c([2H])c([2H])c([2H])c23)c1[2H]. The van der Waals surface area contributed by atoms with Crippen LogP contribution >= 0.6 is 0 Å². The molecule has 1 aromatic heterocycles. The number of hydrogen-bond donors (Lipinski definition) is 0. The van der Waals surface area contributed by atoms with Crippen molar-refractivity contribution < 1.29 is 44.2 Å². The molecule has 1 heterocycles. The highest BCUT2D eigenvalue weighted by Gasteiger charge is 2.37. The normalized spacial score (nSPS) is 24.1. The first-order chi connectivity index (χ1) is 35.7. The van der Waals surface area contributed by atoms with Gasteiger partial charge in [-0.2, -0.15) is 0 Å². The molecule has 8 aromatic carbocycles. The summed E-state index contributed by atoms with van der Waals surface area (Å²) < 4.78 is 269. The minimum atomic E-state index is -3.37. The fourth-order valence-corrected chi connectivity index (χ4v) is 6.43. The second kappa shape index (κ2) is 10.0. The molecule has 0 spiro atoms. The van der Waals surface area contributed by atoms with Crippen molar-refractivity contribution in [2.24, 2.45) is 0 Å². The van der Waals surface area contributed by atoms with Crippen LogP contribution in [0.1, 0.15) is 64.7 Å². The molecule has 0 N–H and O–H groups in total. The summed E-state index contributed by atoms with van der Waals surface area (Å²) in [4.78, 5) is 0. The standard InChI is InChI=1S/C47H32O/c1-47(2)41-23-9-7-15-33(41)39-22-12-21-32(46(39)47)29-13-11-14-30(27-29)44-35-17-3-5-19-37(35)45(38-20-6-4-18-36(38)44)31-25-26-43-40(28-31)34-16-8-10-24-42(34)48-43/h3-28H,1-2H3/i1D3,3D,4D,5D,6D,7D,8D,9D,10D,11D,12D,13D,14D,15D,16D,17D,18D,19D,20D,21D,22D,23D,24D,25D,26D,27D,28D. The third-order valence-corrected chi connectivity index (χ3v) is 8.45. The van der Waals surface area contributed by atoms with Gasteiger partial charge < -0.3 is 4.42 Å². The van der Waals surface area contributed by atoms with Gasteiger partial charge in [0.25, 0.3) is 0 Å². The van der Waals surface area contributed by atoms with E-state index in [1.54, 1.807) is 0 Å². The lowest BCUT2D eigenvalue weighted by Gasteiger charge is -2.25. The molecule has 1 atom stereocenters. The first-order valence-corrected chi connectivity index (χ1v) is 14.4. The summed E-state index contributed by atoms with van der Waals surface area (Å²) in [5.41, 5.74) is -11.3. The predicted molar refractivity (Wildman–Crippen MR) is 203 cm³/mol. The maximum Gasteiger partial charge on any atom is 0.135 e. The Balaban J connectivity index is 1.49. The minimum Gasteiger partial charge on any atom is -0.456 e. The van der Waals surface area contributed by atoms with E-state index in [9.17, 15) is 15.1 Å². The van der Waals surface area contributed by atoms with E-state index >= 15 is 0 Å². The minimum absolute atomic E-state index is 0.450. The molecule has 0 saturated heterocycles. The zero-order valence-electron chi connectivity index (χ0n) is 53.4. The van der Waals surface area contributed by atoms with Crippen molar-refractivity contribution in [2.75, 3.05) is 0 Å². The van der Waals surface area contributed by atoms with Crippen LogP contribution in [0.2, 0.25) is 0 Å². The first kappa shape index (κ1) is 11.1. The average molecular weight is 642 g/mol. The molecular weight excluding hydrogens is 581 g/mol. The van der Waals surface area contributed by atoms with Crippen LogP contribution in [0.15, 0.2) is 162 Å². The fraction of sp³-hybridized carbons (Fsp3) is 0.0638. The summed E-state index contributed by atoms with van der Waals surface area (Å²) in [5.74, 6) is 0. The van der Waals surface area contributed by atoms with E-state index in [4.69, 9.17) is 29.1 Å². The molecule has 1 unspecified atom stereocenters. The average Bonchev–Trinajstić information content (AvgIpc) is 4.06. The van der Waals surface area contributed by atoms with Gasteiger partial charge in [0.15, 0.2) is 0 Å². The quantitative estimate of drug-likeness (QED) is 0.175. The Morgan fingerprint density at radius 1 is 0.458 bits per heavy atom. The van der Waals surface area contributed by atoms with Gasteiger partial charge in [0.1, 0.15) is 11.2 Å². The van der Waals surface area contributed by atoms with Crippen molar-refractivity contribution in [1.29, 1.82) is 0 Å². The Labute approximate surface area is 320 Å². The Morgan fingerprint density at radius 2 is 1.00 bits per heavy atom. The maximum absolute atomic E-state index is 10.1. The molecule has 1 aliphatic carbocycles. The molecule has 0 bridgehead atoms. The fourth-order valence-electron chi connectivity index (χ4n) is 6.43. The molecule has 9 aromatic rings. The van der Waals surface area contributed by atoms with Gasteiger partial charge in [-0.25, -0.2) is 0 Å². The highest BCUT2D eigenvalue weighted by Crippen LogP contribution is 2.52. The van der Waals surface area contributed by atoms with Crippen molar-refractivity contribution in [1.82, 2.24) is 0 Å². The molecule has 0 saturated carbocycles. The monoisotopic (exact) mass is 641 g/mol. The van der Waals surface area contributed by atoms with Gasteiger partial charge in [-0.05, 0) is 101 Å². The van der Waals surface area contributed by atoms with Crippen LogP contribution in [0.3, 0.4) is 0 Å². The molecule has 1 heteroatoms. The van der Waals surface area contributed by atoms with Gasteiger partial charge in [0.2, 0.25) is 0 Å². The Bertz CT molecular complexity index is 4260. The zero-order valence-corrected chi connectivity index (χ0v) is 24.4. The van der Waals surface area contributed by atoms with Gasteiger partial charge in [-0.15, -0.1) is 0 Å². The van der Waals surface area contributed by atoms with Crippen LogP contribution < -0.4 is 0 Å². The topological polar surface area (TPSA) is 13.1 Å². The van der Waals surface area contributed by atoms with E-state index in [0.717, 1.165) is 6.92 Å². The number of rotatable bonds is 3. The molecule has 226 valence electrons. The predicted octanol–water partition coefficient (Wildman–Crippen LogP) is 13.2. The molecule has 10 rings (SSSR count). The maximum atomic E-state index is 10.1. The lowest BCUT2D eigenvalue weighted by Crippen LogP contribution is -2.16. The van der Waals surface area contributed by atoms with Gasteiger partial charge in [0.05, 0.1) is 35.6 Å². The highest BCUT2D eigenvalue weighted by atomic mass is 16.3. The smallest absolute Gasteiger partial charge is 0.135 e.